The van der Waals surface area contributed by atoms with Gasteiger partial charge in [0.05, 0.1) is 6.26 Å². The first-order valence-corrected chi connectivity index (χ1v) is 5.94. The van der Waals surface area contributed by atoms with Crippen LogP contribution < -0.4 is 5.73 Å². The molecule has 0 amide bonds. The average Bonchev–Trinajstić information content (AvgIpc) is 2.76. The maximum atomic E-state index is 6.14. The number of nitrogens with two attached hydrogens (primary N) is 1. The third kappa shape index (κ3) is 2.74. The molecular weight excluding hydrogens is 212 g/mol. The first kappa shape index (κ1) is 11.9. The molecule has 2 heterocycles. The molecule has 17 heavy (non-hydrogen) atoms. The number of rotatable bonds is 4. The molecule has 3 heteroatoms. The van der Waals surface area contributed by atoms with Gasteiger partial charge in [-0.05, 0) is 31.0 Å². The third-order valence-electron chi connectivity index (χ3n) is 3.02. The van der Waals surface area contributed by atoms with E-state index in [2.05, 4.69) is 18.0 Å². The van der Waals surface area contributed by atoms with E-state index >= 15 is 0 Å². The molecule has 0 fully saturated rings. The highest BCUT2D eigenvalue weighted by atomic mass is 16.3. The summed E-state index contributed by atoms with van der Waals surface area (Å²) in [5.41, 5.74) is 9.48. The highest BCUT2D eigenvalue weighted by Crippen LogP contribution is 2.19. The molecule has 0 saturated heterocycles. The van der Waals surface area contributed by atoms with Crippen molar-refractivity contribution in [2.45, 2.75) is 32.7 Å². The standard InChI is InChI=1S/C14H18N2O/c1-3-11-4-5-12(16-9-11)8-14(15)13-6-7-17-10(13)2/h4-7,9,14H,3,8,15H2,1-2H3. The first-order chi connectivity index (χ1) is 8.20. The summed E-state index contributed by atoms with van der Waals surface area (Å²) < 4.78 is 5.26. The van der Waals surface area contributed by atoms with Gasteiger partial charge in [0, 0.05) is 29.9 Å². The van der Waals surface area contributed by atoms with Gasteiger partial charge < -0.3 is 10.2 Å². The SMILES string of the molecule is CCc1ccc(CC(N)c2ccoc2C)nc1. The van der Waals surface area contributed by atoms with E-state index < -0.39 is 0 Å². The quantitative estimate of drug-likeness (QED) is 0.878. The molecule has 0 bridgehead atoms. The Morgan fingerprint density at radius 3 is 2.71 bits per heavy atom. The molecule has 0 spiro atoms. The molecule has 0 aliphatic heterocycles. The number of furan rings is 1. The third-order valence-corrected chi connectivity index (χ3v) is 3.02. The van der Waals surface area contributed by atoms with Crippen LogP contribution in [0.5, 0.6) is 0 Å². The first-order valence-electron chi connectivity index (χ1n) is 5.94. The Balaban J connectivity index is 2.07. The fraction of sp³-hybridized carbons (Fsp3) is 0.357. The van der Waals surface area contributed by atoms with Crippen molar-refractivity contribution in [1.82, 2.24) is 4.98 Å². The normalized spacial score (nSPS) is 12.6. The summed E-state index contributed by atoms with van der Waals surface area (Å²) in [4.78, 5) is 4.42. The number of nitrogens with zero attached hydrogens (tertiary/aromatic N) is 1. The van der Waals surface area contributed by atoms with E-state index in [9.17, 15) is 0 Å². The zero-order chi connectivity index (χ0) is 12.3. The van der Waals surface area contributed by atoms with Crippen LogP contribution >= 0.6 is 0 Å². The van der Waals surface area contributed by atoms with Crippen molar-refractivity contribution in [3.63, 3.8) is 0 Å². The molecule has 0 aromatic carbocycles. The number of hydrogen-bond donors (Lipinski definition) is 1. The second-order valence-corrected chi connectivity index (χ2v) is 4.25. The van der Waals surface area contributed by atoms with Gasteiger partial charge in [0.1, 0.15) is 5.76 Å². The van der Waals surface area contributed by atoms with E-state index in [1.165, 1.54) is 5.56 Å². The van der Waals surface area contributed by atoms with Crippen LogP contribution in [0.15, 0.2) is 35.1 Å². The van der Waals surface area contributed by atoms with E-state index in [4.69, 9.17) is 10.2 Å². The molecule has 2 N–H and O–H groups in total. The minimum atomic E-state index is -0.0475. The number of aromatic nitrogens is 1. The van der Waals surface area contributed by atoms with Crippen LogP contribution in [0.2, 0.25) is 0 Å². The lowest BCUT2D eigenvalue weighted by Gasteiger charge is -2.10. The molecule has 0 aliphatic rings. The summed E-state index contributed by atoms with van der Waals surface area (Å²) in [6.07, 6.45) is 5.35. The van der Waals surface area contributed by atoms with Crippen LogP contribution in [0.4, 0.5) is 0 Å². The number of hydrogen-bond acceptors (Lipinski definition) is 3. The molecule has 3 nitrogen and oxygen atoms in total. The van der Waals surface area contributed by atoms with Gasteiger partial charge in [0.15, 0.2) is 0 Å². The fourth-order valence-corrected chi connectivity index (χ4v) is 1.90. The minimum absolute atomic E-state index is 0.0475. The Kier molecular flexibility index (Phi) is 3.59. The van der Waals surface area contributed by atoms with Crippen molar-refractivity contribution in [3.8, 4) is 0 Å². The molecule has 2 rings (SSSR count). The molecule has 2 aromatic heterocycles. The zero-order valence-electron chi connectivity index (χ0n) is 10.3. The van der Waals surface area contributed by atoms with Crippen LogP contribution in [0, 0.1) is 6.92 Å². The maximum absolute atomic E-state index is 6.14. The Bertz CT molecular complexity index is 473. The van der Waals surface area contributed by atoms with E-state index in [1.807, 2.05) is 25.3 Å². The van der Waals surface area contributed by atoms with Crippen LogP contribution in [-0.2, 0) is 12.8 Å². The topological polar surface area (TPSA) is 52.0 Å². The molecule has 0 saturated carbocycles. The summed E-state index contributed by atoms with van der Waals surface area (Å²) in [7, 11) is 0. The van der Waals surface area contributed by atoms with Gasteiger partial charge in [0.2, 0.25) is 0 Å². The van der Waals surface area contributed by atoms with Crippen molar-refractivity contribution in [3.05, 3.63) is 53.2 Å². The van der Waals surface area contributed by atoms with E-state index in [-0.39, 0.29) is 6.04 Å². The van der Waals surface area contributed by atoms with Crippen LogP contribution in [0.1, 0.15) is 35.5 Å². The summed E-state index contributed by atoms with van der Waals surface area (Å²) in [6, 6.07) is 6.04. The van der Waals surface area contributed by atoms with Crippen molar-refractivity contribution in [2.24, 2.45) is 5.73 Å². The molecule has 0 aliphatic carbocycles. The average molecular weight is 230 g/mol. The van der Waals surface area contributed by atoms with Gasteiger partial charge >= 0.3 is 0 Å². The Morgan fingerprint density at radius 1 is 1.35 bits per heavy atom. The zero-order valence-corrected chi connectivity index (χ0v) is 10.3. The van der Waals surface area contributed by atoms with Gasteiger partial charge in [-0.1, -0.05) is 13.0 Å². The number of pyridine rings is 1. The summed E-state index contributed by atoms with van der Waals surface area (Å²) in [6.45, 7) is 4.06. The second-order valence-electron chi connectivity index (χ2n) is 4.25. The van der Waals surface area contributed by atoms with E-state index in [0.717, 1.165) is 29.9 Å². The lowest BCUT2D eigenvalue weighted by Crippen LogP contribution is -2.14. The van der Waals surface area contributed by atoms with Crippen molar-refractivity contribution in [1.29, 1.82) is 0 Å². The Hall–Kier alpha value is -1.61. The van der Waals surface area contributed by atoms with E-state index in [1.54, 1.807) is 6.26 Å². The predicted molar refractivity (Wildman–Crippen MR) is 67.7 cm³/mol. The Morgan fingerprint density at radius 2 is 2.18 bits per heavy atom. The summed E-state index contributed by atoms with van der Waals surface area (Å²) >= 11 is 0. The summed E-state index contributed by atoms with van der Waals surface area (Å²) in [5.74, 6) is 0.891. The highest BCUT2D eigenvalue weighted by Gasteiger charge is 2.12. The van der Waals surface area contributed by atoms with Crippen LogP contribution in [0.3, 0.4) is 0 Å². The second kappa shape index (κ2) is 5.15. The molecule has 2 aromatic rings. The molecular formula is C14H18N2O. The van der Waals surface area contributed by atoms with Crippen molar-refractivity contribution in [2.75, 3.05) is 0 Å². The van der Waals surface area contributed by atoms with E-state index in [0.29, 0.717) is 0 Å². The van der Waals surface area contributed by atoms with Gasteiger partial charge in [-0.2, -0.15) is 0 Å². The molecule has 1 atom stereocenters. The maximum Gasteiger partial charge on any atom is 0.105 e. The van der Waals surface area contributed by atoms with Crippen LogP contribution in [0.25, 0.3) is 0 Å². The van der Waals surface area contributed by atoms with Gasteiger partial charge in [-0.15, -0.1) is 0 Å². The summed E-state index contributed by atoms with van der Waals surface area (Å²) in [5, 5.41) is 0. The predicted octanol–water partition coefficient (Wildman–Crippen LogP) is 2.79. The van der Waals surface area contributed by atoms with Crippen LogP contribution in [-0.4, -0.2) is 4.98 Å². The highest BCUT2D eigenvalue weighted by molar-refractivity contribution is 5.22. The van der Waals surface area contributed by atoms with Gasteiger partial charge in [-0.3, -0.25) is 4.98 Å². The number of aryl methyl sites for hydroxylation is 2. The molecule has 0 radical (unpaired) electrons. The molecule has 1 unspecified atom stereocenters. The van der Waals surface area contributed by atoms with Gasteiger partial charge in [-0.25, -0.2) is 0 Å². The lowest BCUT2D eigenvalue weighted by molar-refractivity contribution is 0.523. The van der Waals surface area contributed by atoms with Crippen molar-refractivity contribution >= 4 is 0 Å². The van der Waals surface area contributed by atoms with Crippen molar-refractivity contribution < 1.29 is 4.42 Å². The Labute approximate surface area is 102 Å². The minimum Gasteiger partial charge on any atom is -0.469 e. The lowest BCUT2D eigenvalue weighted by atomic mass is 10.0. The van der Waals surface area contributed by atoms with Gasteiger partial charge in [0.25, 0.3) is 0 Å². The fourth-order valence-electron chi connectivity index (χ4n) is 1.90. The largest absolute Gasteiger partial charge is 0.469 e. The smallest absolute Gasteiger partial charge is 0.105 e. The molecule has 90 valence electrons. The monoisotopic (exact) mass is 230 g/mol.